The summed E-state index contributed by atoms with van der Waals surface area (Å²) in [5.74, 6) is 2.41. The maximum Gasteiger partial charge on any atom is 0.191 e. The van der Waals surface area contributed by atoms with Crippen LogP contribution in [0.1, 0.15) is 32.5 Å². The molecule has 0 atom stereocenters. The van der Waals surface area contributed by atoms with E-state index < -0.39 is 0 Å². The van der Waals surface area contributed by atoms with Gasteiger partial charge < -0.3 is 10.6 Å². The van der Waals surface area contributed by atoms with Gasteiger partial charge in [-0.15, -0.1) is 10.2 Å². The number of hydrogen-bond donors (Lipinski definition) is 2. The molecule has 21 heavy (non-hydrogen) atoms. The second-order valence-electron chi connectivity index (χ2n) is 5.43. The van der Waals surface area contributed by atoms with Gasteiger partial charge in [-0.2, -0.15) is 0 Å². The molecule has 0 radical (unpaired) electrons. The number of rotatable bonds is 6. The zero-order chi connectivity index (χ0) is 15.1. The van der Waals surface area contributed by atoms with E-state index in [-0.39, 0.29) is 0 Å². The molecule has 0 unspecified atom stereocenters. The van der Waals surface area contributed by atoms with E-state index in [1.807, 2.05) is 28.8 Å². The summed E-state index contributed by atoms with van der Waals surface area (Å²) in [7, 11) is 1.78. The average Bonchev–Trinajstić information content (AvgIpc) is 2.89. The van der Waals surface area contributed by atoms with Crippen molar-refractivity contribution in [2.75, 3.05) is 13.6 Å². The predicted octanol–water partition coefficient (Wildman–Crippen LogP) is 1.83. The van der Waals surface area contributed by atoms with E-state index in [1.54, 1.807) is 7.05 Å². The Bertz CT molecular complexity index is 587. The monoisotopic (exact) mass is 288 g/mol. The third-order valence-corrected chi connectivity index (χ3v) is 3.27. The highest BCUT2D eigenvalue weighted by atomic mass is 15.3. The topological polar surface area (TPSA) is 66.6 Å². The molecule has 0 saturated carbocycles. The molecule has 0 aliphatic heterocycles. The molecule has 6 heteroatoms. The fourth-order valence-corrected chi connectivity index (χ4v) is 2.11. The van der Waals surface area contributed by atoms with Crippen LogP contribution in [0.4, 0.5) is 0 Å². The van der Waals surface area contributed by atoms with Crippen LogP contribution in [-0.2, 0) is 6.54 Å². The van der Waals surface area contributed by atoms with Gasteiger partial charge in [0.15, 0.2) is 17.4 Å². The van der Waals surface area contributed by atoms with Crippen molar-refractivity contribution < 1.29 is 0 Å². The second-order valence-corrected chi connectivity index (χ2v) is 5.43. The van der Waals surface area contributed by atoms with Crippen molar-refractivity contribution in [2.24, 2.45) is 10.9 Å². The second kappa shape index (κ2) is 7.61. The van der Waals surface area contributed by atoms with Crippen LogP contribution in [0, 0.1) is 5.92 Å². The van der Waals surface area contributed by atoms with Gasteiger partial charge in [0.05, 0.1) is 6.54 Å². The number of pyridine rings is 1. The first-order valence-electron chi connectivity index (χ1n) is 7.44. The molecule has 0 saturated heterocycles. The van der Waals surface area contributed by atoms with Crippen LogP contribution in [0.15, 0.2) is 29.4 Å². The third kappa shape index (κ3) is 4.44. The largest absolute Gasteiger partial charge is 0.356 e. The van der Waals surface area contributed by atoms with E-state index >= 15 is 0 Å². The van der Waals surface area contributed by atoms with Crippen molar-refractivity contribution in [3.63, 3.8) is 0 Å². The summed E-state index contributed by atoms with van der Waals surface area (Å²) in [6.45, 7) is 6.00. The Balaban J connectivity index is 1.83. The highest BCUT2D eigenvalue weighted by Gasteiger charge is 2.05. The number of guanidine groups is 1. The van der Waals surface area contributed by atoms with Crippen molar-refractivity contribution in [2.45, 2.75) is 33.2 Å². The van der Waals surface area contributed by atoms with Gasteiger partial charge in [-0.1, -0.05) is 19.9 Å². The number of nitrogens with zero attached hydrogens (tertiary/aromatic N) is 4. The van der Waals surface area contributed by atoms with Gasteiger partial charge >= 0.3 is 0 Å². The fraction of sp³-hybridized carbons (Fsp3) is 0.533. The molecule has 2 heterocycles. The van der Waals surface area contributed by atoms with Gasteiger partial charge in [0.1, 0.15) is 0 Å². The highest BCUT2D eigenvalue weighted by molar-refractivity contribution is 5.79. The zero-order valence-electron chi connectivity index (χ0n) is 13.0. The minimum absolute atomic E-state index is 0.592. The van der Waals surface area contributed by atoms with Crippen LogP contribution in [-0.4, -0.2) is 34.2 Å². The van der Waals surface area contributed by atoms with E-state index in [2.05, 4.69) is 39.7 Å². The molecule has 0 aliphatic rings. The Morgan fingerprint density at radius 3 is 2.90 bits per heavy atom. The van der Waals surface area contributed by atoms with Gasteiger partial charge in [-0.05, 0) is 30.9 Å². The Labute approximate surface area is 125 Å². The van der Waals surface area contributed by atoms with Crippen LogP contribution in [0.2, 0.25) is 0 Å². The Morgan fingerprint density at radius 1 is 1.29 bits per heavy atom. The molecule has 0 amide bonds. The Hall–Kier alpha value is -2.11. The number of aromatic nitrogens is 3. The fourth-order valence-electron chi connectivity index (χ4n) is 2.11. The van der Waals surface area contributed by atoms with Gasteiger partial charge in [0.2, 0.25) is 0 Å². The number of hydrogen-bond acceptors (Lipinski definition) is 3. The minimum Gasteiger partial charge on any atom is -0.356 e. The van der Waals surface area contributed by atoms with Crippen molar-refractivity contribution >= 4 is 11.6 Å². The lowest BCUT2D eigenvalue weighted by atomic mass is 10.1. The number of nitrogens with one attached hydrogen (secondary N) is 2. The summed E-state index contributed by atoms with van der Waals surface area (Å²) in [5.41, 5.74) is 0.856. The maximum atomic E-state index is 4.22. The van der Waals surface area contributed by atoms with Gasteiger partial charge in [0.25, 0.3) is 0 Å². The predicted molar refractivity (Wildman–Crippen MR) is 85.3 cm³/mol. The van der Waals surface area contributed by atoms with Crippen LogP contribution >= 0.6 is 0 Å². The number of aliphatic imine (C=N–C) groups is 1. The van der Waals surface area contributed by atoms with Crippen molar-refractivity contribution in [1.29, 1.82) is 0 Å². The lowest BCUT2D eigenvalue weighted by Gasteiger charge is -2.11. The molecular weight excluding hydrogens is 264 g/mol. The zero-order valence-corrected chi connectivity index (χ0v) is 13.0. The summed E-state index contributed by atoms with van der Waals surface area (Å²) in [6.07, 6.45) is 4.33. The quantitative estimate of drug-likeness (QED) is 0.483. The first-order valence-corrected chi connectivity index (χ1v) is 7.44. The Kier molecular flexibility index (Phi) is 5.54. The molecule has 0 bridgehead atoms. The average molecular weight is 288 g/mol. The summed E-state index contributed by atoms with van der Waals surface area (Å²) in [4.78, 5) is 4.22. The van der Waals surface area contributed by atoms with E-state index in [0.717, 1.165) is 36.3 Å². The highest BCUT2D eigenvalue weighted by Crippen LogP contribution is 2.03. The maximum absolute atomic E-state index is 4.22. The molecule has 2 aromatic heterocycles. The molecule has 0 aromatic carbocycles. The molecule has 2 rings (SSSR count). The van der Waals surface area contributed by atoms with Gasteiger partial charge in [0, 0.05) is 19.8 Å². The first kappa shape index (κ1) is 15.3. The van der Waals surface area contributed by atoms with Crippen molar-refractivity contribution in [1.82, 2.24) is 25.2 Å². The standard InChI is InChI=1S/C15H24N6/c1-12(2)7-6-9-17-15(16-3)18-11-14-20-19-13-8-4-5-10-21(13)14/h4-5,8,10,12H,6-7,9,11H2,1-3H3,(H2,16,17,18). The third-order valence-electron chi connectivity index (χ3n) is 3.27. The molecule has 6 nitrogen and oxygen atoms in total. The number of fused-ring (bicyclic) bond motifs is 1. The first-order chi connectivity index (χ1) is 10.2. The summed E-state index contributed by atoms with van der Waals surface area (Å²) >= 11 is 0. The SMILES string of the molecule is CN=C(NCCCC(C)C)NCc1nnc2ccccn12. The minimum atomic E-state index is 0.592. The smallest absolute Gasteiger partial charge is 0.191 e. The Morgan fingerprint density at radius 2 is 2.14 bits per heavy atom. The molecule has 114 valence electrons. The molecule has 2 N–H and O–H groups in total. The van der Waals surface area contributed by atoms with Crippen LogP contribution in [0.25, 0.3) is 5.65 Å². The van der Waals surface area contributed by atoms with Crippen molar-refractivity contribution in [3.05, 3.63) is 30.2 Å². The molecule has 2 aromatic rings. The lowest BCUT2D eigenvalue weighted by molar-refractivity contribution is 0.549. The molecular formula is C15H24N6. The lowest BCUT2D eigenvalue weighted by Crippen LogP contribution is -2.37. The van der Waals surface area contributed by atoms with Crippen LogP contribution in [0.5, 0.6) is 0 Å². The van der Waals surface area contributed by atoms with Crippen molar-refractivity contribution in [3.8, 4) is 0 Å². The van der Waals surface area contributed by atoms with E-state index in [4.69, 9.17) is 0 Å². The molecule has 0 fully saturated rings. The van der Waals surface area contributed by atoms with E-state index in [9.17, 15) is 0 Å². The van der Waals surface area contributed by atoms with Crippen LogP contribution in [0.3, 0.4) is 0 Å². The van der Waals surface area contributed by atoms with Crippen LogP contribution < -0.4 is 10.6 Å². The van der Waals surface area contributed by atoms with Gasteiger partial charge in [-0.3, -0.25) is 9.39 Å². The summed E-state index contributed by atoms with van der Waals surface area (Å²) in [6, 6.07) is 5.87. The molecule has 0 aliphatic carbocycles. The summed E-state index contributed by atoms with van der Waals surface area (Å²) in [5, 5.41) is 14.9. The molecule has 0 spiro atoms. The van der Waals surface area contributed by atoms with E-state index in [1.165, 1.54) is 6.42 Å². The van der Waals surface area contributed by atoms with Gasteiger partial charge in [-0.25, -0.2) is 0 Å². The normalized spacial score (nSPS) is 12.1. The summed E-state index contributed by atoms with van der Waals surface area (Å²) < 4.78 is 1.97. The van der Waals surface area contributed by atoms with E-state index in [0.29, 0.717) is 6.54 Å².